The van der Waals surface area contributed by atoms with Crippen molar-refractivity contribution in [1.29, 1.82) is 0 Å². The number of hydrogen-bond acceptors (Lipinski definition) is 4. The zero-order valence-electron chi connectivity index (χ0n) is 17.9. The van der Waals surface area contributed by atoms with E-state index in [1.54, 1.807) is 0 Å². The maximum atomic E-state index is 13.8. The van der Waals surface area contributed by atoms with E-state index in [1.807, 2.05) is 43.3 Å². The third-order valence-electron chi connectivity index (χ3n) is 6.90. The van der Waals surface area contributed by atoms with Crippen LogP contribution in [0.2, 0.25) is 0 Å². The quantitative estimate of drug-likeness (QED) is 0.800. The molecule has 1 spiro atoms. The van der Waals surface area contributed by atoms with E-state index in [0.29, 0.717) is 6.61 Å². The van der Waals surface area contributed by atoms with E-state index in [0.717, 1.165) is 54.2 Å². The number of carbonyl (C=O) groups excluding carboxylic acids is 1. The monoisotopic (exact) mass is 407 g/mol. The van der Waals surface area contributed by atoms with Gasteiger partial charge in [-0.2, -0.15) is 0 Å². The van der Waals surface area contributed by atoms with Crippen LogP contribution in [0.3, 0.4) is 0 Å². The average Bonchev–Trinajstić information content (AvgIpc) is 3.32. The number of anilines is 1. The Morgan fingerprint density at radius 2 is 2.00 bits per heavy atom. The van der Waals surface area contributed by atoms with Gasteiger partial charge in [0.15, 0.2) is 0 Å². The van der Waals surface area contributed by atoms with Gasteiger partial charge in [-0.3, -0.25) is 4.79 Å². The summed E-state index contributed by atoms with van der Waals surface area (Å²) in [7, 11) is 0. The van der Waals surface area contributed by atoms with Crippen LogP contribution in [0.5, 0.6) is 11.5 Å². The Hall–Kier alpha value is -2.53. The van der Waals surface area contributed by atoms with E-state index in [9.17, 15) is 4.79 Å². The molecule has 3 atom stereocenters. The average molecular weight is 408 g/mol. The van der Waals surface area contributed by atoms with Gasteiger partial charge in [0.25, 0.3) is 0 Å². The molecule has 5 heteroatoms. The van der Waals surface area contributed by atoms with Crippen LogP contribution < -0.4 is 14.8 Å². The van der Waals surface area contributed by atoms with E-state index in [4.69, 9.17) is 14.2 Å². The fourth-order valence-corrected chi connectivity index (χ4v) is 5.68. The molecule has 158 valence electrons. The molecule has 3 aliphatic heterocycles. The highest BCUT2D eigenvalue weighted by atomic mass is 16.5. The Morgan fingerprint density at radius 1 is 1.17 bits per heavy atom. The van der Waals surface area contributed by atoms with Crippen molar-refractivity contribution in [3.63, 3.8) is 0 Å². The lowest BCUT2D eigenvalue weighted by Crippen LogP contribution is -2.58. The predicted octanol–water partition coefficient (Wildman–Crippen LogP) is 4.68. The first-order chi connectivity index (χ1) is 14.5. The van der Waals surface area contributed by atoms with Gasteiger partial charge in [-0.15, -0.1) is 0 Å². The molecule has 1 N–H and O–H groups in total. The third kappa shape index (κ3) is 2.75. The van der Waals surface area contributed by atoms with Gasteiger partial charge in [-0.1, -0.05) is 24.3 Å². The van der Waals surface area contributed by atoms with Crippen LogP contribution in [0.1, 0.15) is 51.2 Å². The Labute approximate surface area is 177 Å². The van der Waals surface area contributed by atoms with E-state index in [-0.39, 0.29) is 17.9 Å². The van der Waals surface area contributed by atoms with Gasteiger partial charge in [0.2, 0.25) is 5.91 Å². The number of ether oxygens (including phenoxy) is 3. The number of fused-ring (bicyclic) bond motifs is 4. The molecule has 0 bridgehead atoms. The minimum Gasteiger partial charge on any atom is -0.494 e. The first-order valence-electron chi connectivity index (χ1n) is 11.0. The largest absolute Gasteiger partial charge is 0.494 e. The van der Waals surface area contributed by atoms with Gasteiger partial charge in [0, 0.05) is 29.8 Å². The Balaban J connectivity index is 1.74. The zero-order chi connectivity index (χ0) is 20.9. The summed E-state index contributed by atoms with van der Waals surface area (Å²) in [5.41, 5.74) is 1.45. The van der Waals surface area contributed by atoms with Crippen LogP contribution in [-0.2, 0) is 14.9 Å². The molecule has 5 rings (SSSR count). The molecule has 3 unspecified atom stereocenters. The normalized spacial score (nSPS) is 28.6. The van der Waals surface area contributed by atoms with Crippen molar-refractivity contribution >= 4 is 11.6 Å². The van der Waals surface area contributed by atoms with Gasteiger partial charge < -0.3 is 19.5 Å². The number of amides is 1. The van der Waals surface area contributed by atoms with Crippen molar-refractivity contribution in [2.45, 2.75) is 57.2 Å². The van der Waals surface area contributed by atoms with E-state index >= 15 is 0 Å². The molecule has 0 aliphatic carbocycles. The van der Waals surface area contributed by atoms with Crippen molar-refractivity contribution in [1.82, 2.24) is 0 Å². The summed E-state index contributed by atoms with van der Waals surface area (Å²) in [4.78, 5) is 13.8. The molecule has 0 aromatic heterocycles. The van der Waals surface area contributed by atoms with Gasteiger partial charge in [0.1, 0.15) is 22.5 Å². The fourth-order valence-electron chi connectivity index (χ4n) is 5.68. The lowest BCUT2D eigenvalue weighted by atomic mass is 9.58. The molecule has 3 aliphatic rings. The molecule has 30 heavy (non-hydrogen) atoms. The van der Waals surface area contributed by atoms with Crippen molar-refractivity contribution < 1.29 is 19.0 Å². The van der Waals surface area contributed by atoms with Gasteiger partial charge in [-0.05, 0) is 57.7 Å². The second-order valence-electron chi connectivity index (χ2n) is 9.03. The molecule has 2 aromatic rings. The standard InChI is InChI=1S/C25H29NO4/c1-4-28-17-11-12-19-21(14-17)30-24(2,3)22(15-16-8-7-13-29-16)25(19)18-9-5-6-10-20(18)26-23(25)27/h5-6,9-12,14,16,22H,4,7-8,13,15H2,1-3H3,(H,26,27). The summed E-state index contributed by atoms with van der Waals surface area (Å²) in [5.74, 6) is 1.43. The van der Waals surface area contributed by atoms with Crippen LogP contribution in [0.25, 0.3) is 0 Å². The number of rotatable bonds is 4. The van der Waals surface area contributed by atoms with E-state index in [2.05, 4.69) is 25.2 Å². The SMILES string of the molecule is CCOc1ccc2c(c1)OC(C)(C)C(CC1CCCO1)C21C(=O)Nc2ccccc21. The molecule has 0 radical (unpaired) electrons. The number of carbonyl (C=O) groups is 1. The minimum absolute atomic E-state index is 0.0217. The molecule has 1 fully saturated rings. The van der Waals surface area contributed by atoms with Crippen LogP contribution in [-0.4, -0.2) is 30.8 Å². The van der Waals surface area contributed by atoms with Gasteiger partial charge in [-0.25, -0.2) is 0 Å². The zero-order valence-corrected chi connectivity index (χ0v) is 17.9. The van der Waals surface area contributed by atoms with Crippen molar-refractivity contribution in [2.24, 2.45) is 5.92 Å². The Kier molecular flexibility index (Phi) is 4.55. The Morgan fingerprint density at radius 3 is 2.77 bits per heavy atom. The third-order valence-corrected chi connectivity index (χ3v) is 6.90. The first-order valence-corrected chi connectivity index (χ1v) is 11.0. The summed E-state index contributed by atoms with van der Waals surface area (Å²) in [6.07, 6.45) is 3.03. The molecular formula is C25H29NO4. The van der Waals surface area contributed by atoms with Crippen molar-refractivity contribution in [2.75, 3.05) is 18.5 Å². The second kappa shape index (κ2) is 7.02. The van der Waals surface area contributed by atoms with Crippen LogP contribution >= 0.6 is 0 Å². The van der Waals surface area contributed by atoms with Crippen molar-refractivity contribution in [3.05, 3.63) is 53.6 Å². The number of benzene rings is 2. The minimum atomic E-state index is -0.815. The van der Waals surface area contributed by atoms with E-state index < -0.39 is 11.0 Å². The lowest BCUT2D eigenvalue weighted by molar-refractivity contribution is -0.127. The van der Waals surface area contributed by atoms with Gasteiger partial charge >= 0.3 is 0 Å². The van der Waals surface area contributed by atoms with Gasteiger partial charge in [0.05, 0.1) is 12.7 Å². The van der Waals surface area contributed by atoms with E-state index in [1.165, 1.54) is 0 Å². The molecule has 5 nitrogen and oxygen atoms in total. The van der Waals surface area contributed by atoms with Crippen LogP contribution in [0.15, 0.2) is 42.5 Å². The topological polar surface area (TPSA) is 56.8 Å². The van der Waals surface area contributed by atoms with Crippen molar-refractivity contribution in [3.8, 4) is 11.5 Å². The first kappa shape index (κ1) is 19.4. The molecular weight excluding hydrogens is 378 g/mol. The summed E-state index contributed by atoms with van der Waals surface area (Å²) >= 11 is 0. The molecule has 3 heterocycles. The van der Waals surface area contributed by atoms with Crippen LogP contribution in [0.4, 0.5) is 5.69 Å². The maximum absolute atomic E-state index is 13.8. The molecule has 0 saturated carbocycles. The summed E-state index contributed by atoms with van der Waals surface area (Å²) in [5, 5.41) is 3.16. The lowest BCUT2D eigenvalue weighted by Gasteiger charge is -2.50. The smallest absolute Gasteiger partial charge is 0.240 e. The summed E-state index contributed by atoms with van der Waals surface area (Å²) < 4.78 is 18.3. The summed E-state index contributed by atoms with van der Waals surface area (Å²) in [6.45, 7) is 7.53. The highest BCUT2D eigenvalue weighted by molar-refractivity contribution is 6.09. The fraction of sp³-hybridized carbons (Fsp3) is 0.480. The highest BCUT2D eigenvalue weighted by Crippen LogP contribution is 2.59. The summed E-state index contributed by atoms with van der Waals surface area (Å²) in [6, 6.07) is 13.9. The highest BCUT2D eigenvalue weighted by Gasteiger charge is 2.62. The maximum Gasteiger partial charge on any atom is 0.240 e. The second-order valence-corrected chi connectivity index (χ2v) is 9.03. The predicted molar refractivity (Wildman–Crippen MR) is 115 cm³/mol. The van der Waals surface area contributed by atoms with Crippen LogP contribution in [0, 0.1) is 5.92 Å². The number of para-hydroxylation sites is 1. The number of hydrogen-bond donors (Lipinski definition) is 1. The number of nitrogens with one attached hydrogen (secondary N) is 1. The molecule has 1 saturated heterocycles. The Bertz CT molecular complexity index is 979. The molecule has 2 aromatic carbocycles. The molecule has 1 amide bonds.